The summed E-state index contributed by atoms with van der Waals surface area (Å²) in [5, 5.41) is 18.9. The lowest BCUT2D eigenvalue weighted by molar-refractivity contribution is 0.105. The fourth-order valence-corrected chi connectivity index (χ4v) is 1.30. The third kappa shape index (κ3) is 3.81. The van der Waals surface area contributed by atoms with Crippen molar-refractivity contribution in [1.29, 1.82) is 0 Å². The Kier molecular flexibility index (Phi) is 6.00. The summed E-state index contributed by atoms with van der Waals surface area (Å²) in [6.07, 6.45) is 0. The Morgan fingerprint density at radius 2 is 2.14 bits per heavy atom. The maximum absolute atomic E-state index is 11.0. The molecule has 0 radical (unpaired) electrons. The molecule has 5 nitrogen and oxygen atoms in total. The Morgan fingerprint density at radius 1 is 1.64 bits per heavy atom. The van der Waals surface area contributed by atoms with Gasteiger partial charge < -0.3 is 10.2 Å². The average Bonchev–Trinajstić information content (AvgIpc) is 2.51. The van der Waals surface area contributed by atoms with E-state index < -0.39 is 10.8 Å². The summed E-state index contributed by atoms with van der Waals surface area (Å²) in [5.74, 6) is -0.576. The number of carbonyl (C=O) groups is 1. The molecule has 0 bridgehead atoms. The van der Waals surface area contributed by atoms with Crippen molar-refractivity contribution in [3.8, 4) is 0 Å². The van der Waals surface area contributed by atoms with E-state index in [9.17, 15) is 4.79 Å². The molecule has 8 heteroatoms. The molecule has 1 aromatic heterocycles. The van der Waals surface area contributed by atoms with E-state index >= 15 is 0 Å². The van der Waals surface area contributed by atoms with Gasteiger partial charge in [-0.2, -0.15) is 0 Å². The van der Waals surface area contributed by atoms with Gasteiger partial charge in [0.15, 0.2) is 0 Å². The van der Waals surface area contributed by atoms with Crippen LogP contribution < -0.4 is 0 Å². The Bertz CT molecular complexity index is 350. The van der Waals surface area contributed by atoms with Gasteiger partial charge in [-0.25, -0.2) is 0 Å². The fraction of sp³-hybridized carbons (Fsp3) is 0.167. The molecule has 0 fully saturated rings. The second-order valence-corrected chi connectivity index (χ2v) is 3.28. The number of nitrogens with zero attached hydrogens (tertiary/aromatic N) is 2. The SMILES string of the molecule is Cc1nnsc1C(=O)C(O)=S.OC=S. The highest BCUT2D eigenvalue weighted by molar-refractivity contribution is 7.81. The van der Waals surface area contributed by atoms with Gasteiger partial charge >= 0.3 is 0 Å². The number of hydrogen-bond donors (Lipinski definition) is 2. The van der Waals surface area contributed by atoms with Crippen molar-refractivity contribution in [2.75, 3.05) is 0 Å². The molecule has 0 amide bonds. The van der Waals surface area contributed by atoms with Crippen molar-refractivity contribution in [3.63, 3.8) is 0 Å². The van der Waals surface area contributed by atoms with Gasteiger partial charge in [0.2, 0.25) is 5.05 Å². The van der Waals surface area contributed by atoms with Gasteiger partial charge in [0.1, 0.15) is 10.4 Å². The molecule has 14 heavy (non-hydrogen) atoms. The standard InChI is InChI=1S/C5H4N2O2S2.CH2OS/c1-2-4(11-7-6-2)3(8)5(9)10;2-1-3/h1H3,(H,9,10);1H,(H,2,3). The highest BCUT2D eigenvalue weighted by Crippen LogP contribution is 2.09. The summed E-state index contributed by atoms with van der Waals surface area (Å²) < 4.78 is 3.53. The van der Waals surface area contributed by atoms with Crippen LogP contribution in [0, 0.1) is 6.92 Å². The first-order valence-corrected chi connectivity index (χ1v) is 4.84. The van der Waals surface area contributed by atoms with Gasteiger partial charge in [-0.15, -0.1) is 5.10 Å². The molecular formula is C6H6N2O3S3. The summed E-state index contributed by atoms with van der Waals surface area (Å²) in [4.78, 5) is 11.3. The molecule has 1 heterocycles. The Labute approximate surface area is 94.6 Å². The van der Waals surface area contributed by atoms with Crippen LogP contribution in [0.4, 0.5) is 0 Å². The minimum absolute atomic E-state index is 0.303. The van der Waals surface area contributed by atoms with Gasteiger partial charge in [0, 0.05) is 0 Å². The van der Waals surface area contributed by atoms with E-state index in [1.165, 1.54) is 0 Å². The highest BCUT2D eigenvalue weighted by atomic mass is 32.1. The first-order chi connectivity index (χ1) is 6.54. The second kappa shape index (κ2) is 6.46. The zero-order valence-corrected chi connectivity index (χ0v) is 9.45. The first-order valence-electron chi connectivity index (χ1n) is 3.19. The van der Waals surface area contributed by atoms with Crippen LogP contribution in [0.1, 0.15) is 15.4 Å². The number of Topliss-reactive ketones (excluding diaryl/α,β-unsaturated/α-hetero) is 1. The van der Waals surface area contributed by atoms with Crippen LogP contribution in [0.15, 0.2) is 0 Å². The van der Waals surface area contributed by atoms with E-state index in [1.54, 1.807) is 6.92 Å². The zero-order chi connectivity index (χ0) is 11.1. The molecule has 0 aliphatic rings. The fourth-order valence-electron chi connectivity index (χ4n) is 0.537. The molecule has 0 aromatic carbocycles. The van der Waals surface area contributed by atoms with Gasteiger partial charge in [0.05, 0.1) is 5.69 Å². The molecule has 76 valence electrons. The second-order valence-electron chi connectivity index (χ2n) is 1.93. The Balaban J connectivity index is 0.000000500. The predicted octanol–water partition coefficient (Wildman–Crippen LogP) is 1.42. The minimum atomic E-state index is -0.640. The molecule has 1 aromatic rings. The number of aliphatic hydroxyl groups is 2. The monoisotopic (exact) mass is 250 g/mol. The van der Waals surface area contributed by atoms with Gasteiger partial charge in [-0.3, -0.25) is 4.79 Å². The highest BCUT2D eigenvalue weighted by Gasteiger charge is 2.16. The molecule has 2 N–H and O–H groups in total. The summed E-state index contributed by atoms with van der Waals surface area (Å²) in [6.45, 7) is 1.63. The van der Waals surface area contributed by atoms with Crippen LogP contribution in [0.5, 0.6) is 0 Å². The normalized spacial score (nSPS) is 8.36. The lowest BCUT2D eigenvalue weighted by Gasteiger charge is -1.89. The van der Waals surface area contributed by atoms with Crippen molar-refractivity contribution in [3.05, 3.63) is 10.6 Å². The van der Waals surface area contributed by atoms with Crippen LogP contribution in [-0.4, -0.2) is 36.2 Å². The maximum atomic E-state index is 11.0. The summed E-state index contributed by atoms with van der Waals surface area (Å²) in [5.41, 5.74) is 1.08. The molecular weight excluding hydrogens is 244 g/mol. The lowest BCUT2D eigenvalue weighted by Crippen LogP contribution is -2.09. The van der Waals surface area contributed by atoms with Crippen molar-refractivity contribution < 1.29 is 15.0 Å². The predicted molar refractivity (Wildman–Crippen MR) is 60.5 cm³/mol. The number of hydrogen-bond acceptors (Lipinski definition) is 6. The van der Waals surface area contributed by atoms with Crippen LogP contribution in [0.3, 0.4) is 0 Å². The molecule has 0 aliphatic carbocycles. The summed E-state index contributed by atoms with van der Waals surface area (Å²) >= 11 is 9.03. The molecule has 0 saturated heterocycles. The third-order valence-electron chi connectivity index (χ3n) is 1.05. The van der Waals surface area contributed by atoms with Crippen molar-refractivity contribution in [2.45, 2.75) is 6.92 Å². The number of rotatable bonds is 2. The quantitative estimate of drug-likeness (QED) is 0.606. The third-order valence-corrected chi connectivity index (χ3v) is 2.06. The van der Waals surface area contributed by atoms with Crippen molar-refractivity contribution in [1.82, 2.24) is 9.59 Å². The van der Waals surface area contributed by atoms with Crippen LogP contribution in [0.25, 0.3) is 0 Å². The van der Waals surface area contributed by atoms with E-state index in [4.69, 9.17) is 10.2 Å². The van der Waals surface area contributed by atoms with E-state index in [-0.39, 0.29) is 0 Å². The molecule has 0 atom stereocenters. The molecule has 0 spiro atoms. The molecule has 1 rings (SSSR count). The number of thiocarbonyl (C=S) groups is 2. The van der Waals surface area contributed by atoms with Crippen molar-refractivity contribution >= 4 is 52.4 Å². The number of aryl methyl sites for hydroxylation is 1. The lowest BCUT2D eigenvalue weighted by atomic mass is 10.3. The summed E-state index contributed by atoms with van der Waals surface area (Å²) in [7, 11) is 0. The molecule has 0 saturated carbocycles. The summed E-state index contributed by atoms with van der Waals surface area (Å²) in [6, 6.07) is 0. The van der Waals surface area contributed by atoms with Crippen LogP contribution in [0.2, 0.25) is 0 Å². The van der Waals surface area contributed by atoms with Gasteiger partial charge in [-0.05, 0) is 42.9 Å². The first kappa shape index (κ1) is 13.0. The van der Waals surface area contributed by atoms with E-state index in [1.807, 2.05) is 0 Å². The number of carbonyl (C=O) groups excluding carboxylic acids is 1. The maximum Gasteiger partial charge on any atom is 0.252 e. The van der Waals surface area contributed by atoms with E-state index in [0.717, 1.165) is 11.5 Å². The number of aromatic nitrogens is 2. The number of aliphatic hydroxyl groups excluding tert-OH is 2. The Morgan fingerprint density at radius 3 is 2.43 bits per heavy atom. The zero-order valence-electron chi connectivity index (χ0n) is 7.00. The van der Waals surface area contributed by atoms with E-state index in [0.29, 0.717) is 16.1 Å². The van der Waals surface area contributed by atoms with Gasteiger partial charge in [0.25, 0.3) is 5.78 Å². The molecule has 0 unspecified atom stereocenters. The Hall–Kier alpha value is -0.990. The molecule has 0 aliphatic heterocycles. The average molecular weight is 250 g/mol. The smallest absolute Gasteiger partial charge is 0.252 e. The van der Waals surface area contributed by atoms with Gasteiger partial charge in [-0.1, -0.05) is 4.49 Å². The largest absolute Gasteiger partial charge is 0.504 e. The topological polar surface area (TPSA) is 83.3 Å². The minimum Gasteiger partial charge on any atom is -0.504 e. The van der Waals surface area contributed by atoms with Crippen LogP contribution in [-0.2, 0) is 0 Å². The van der Waals surface area contributed by atoms with E-state index in [2.05, 4.69) is 34.0 Å². The van der Waals surface area contributed by atoms with Crippen molar-refractivity contribution in [2.24, 2.45) is 0 Å². The van der Waals surface area contributed by atoms with Crippen LogP contribution >= 0.6 is 36.0 Å². The number of ketones is 1.